The third-order valence-corrected chi connectivity index (χ3v) is 6.06. The Hall–Kier alpha value is -1.21. The first kappa shape index (κ1) is 18.6. The van der Waals surface area contributed by atoms with Gasteiger partial charge in [0.2, 0.25) is 0 Å². The summed E-state index contributed by atoms with van der Waals surface area (Å²) in [4.78, 5) is 27.6. The number of unbranched alkanes of at least 4 members (excludes halogenated alkanes) is 1. The van der Waals surface area contributed by atoms with Crippen LogP contribution in [0.25, 0.3) is 0 Å². The van der Waals surface area contributed by atoms with Crippen molar-refractivity contribution in [3.05, 3.63) is 49.6 Å². The summed E-state index contributed by atoms with van der Waals surface area (Å²) in [6.45, 7) is 2.56. The monoisotopic (exact) mass is 441 g/mol. The predicted octanol–water partition coefficient (Wildman–Crippen LogP) is 4.77. The summed E-state index contributed by atoms with van der Waals surface area (Å²) >= 11 is 10.4. The number of benzene rings is 1. The highest BCUT2D eigenvalue weighted by molar-refractivity contribution is 9.10. The van der Waals surface area contributed by atoms with E-state index in [1.165, 1.54) is 0 Å². The number of nitrogens with zero attached hydrogens (tertiary/aromatic N) is 1. The number of carbonyl (C=O) groups is 2. The highest BCUT2D eigenvalue weighted by Gasteiger charge is 2.50. The fraction of sp³-hybridized carbons (Fsp3) is 0.333. The number of rotatable bonds is 6. The van der Waals surface area contributed by atoms with Gasteiger partial charge < -0.3 is 10.0 Å². The lowest BCUT2D eigenvalue weighted by atomic mass is 9.89. The van der Waals surface area contributed by atoms with E-state index < -0.39 is 11.5 Å². The quantitative estimate of drug-likeness (QED) is 0.656. The standard InChI is InChI=1S/C18H17BrClNO3S/c1-2-3-8-21-13-5-4-11(19)9-12(13)18(24,17(21)23)10-14(22)15-6-7-16(20)25-15/h4-7,9,24H,2-3,8,10H2,1H3/t18-/m0/s1. The Morgan fingerprint density at radius 1 is 1.36 bits per heavy atom. The van der Waals surface area contributed by atoms with E-state index in [4.69, 9.17) is 11.6 Å². The number of aliphatic hydroxyl groups is 1. The van der Waals surface area contributed by atoms with Crippen molar-refractivity contribution in [3.63, 3.8) is 0 Å². The summed E-state index contributed by atoms with van der Waals surface area (Å²) in [7, 11) is 0. The van der Waals surface area contributed by atoms with E-state index in [9.17, 15) is 14.7 Å². The third kappa shape index (κ3) is 3.40. The van der Waals surface area contributed by atoms with Gasteiger partial charge in [-0.1, -0.05) is 40.9 Å². The van der Waals surface area contributed by atoms with E-state index in [1.807, 2.05) is 13.0 Å². The van der Waals surface area contributed by atoms with Crippen LogP contribution in [-0.2, 0) is 10.4 Å². The second-order valence-electron chi connectivity index (χ2n) is 6.04. The molecule has 1 atom stereocenters. The van der Waals surface area contributed by atoms with Crippen molar-refractivity contribution < 1.29 is 14.7 Å². The van der Waals surface area contributed by atoms with E-state index in [1.54, 1.807) is 29.2 Å². The summed E-state index contributed by atoms with van der Waals surface area (Å²) in [5.74, 6) is -0.735. The van der Waals surface area contributed by atoms with E-state index in [0.29, 0.717) is 27.0 Å². The summed E-state index contributed by atoms with van der Waals surface area (Å²) in [6, 6.07) is 8.61. The summed E-state index contributed by atoms with van der Waals surface area (Å²) in [5.41, 5.74) is -0.708. The van der Waals surface area contributed by atoms with E-state index in [2.05, 4.69) is 15.9 Å². The zero-order chi connectivity index (χ0) is 18.2. The molecule has 2 aromatic rings. The van der Waals surface area contributed by atoms with Crippen LogP contribution in [-0.4, -0.2) is 23.3 Å². The molecule has 2 heterocycles. The maximum absolute atomic E-state index is 13.0. The number of halogens is 2. The Bertz CT molecular complexity index is 837. The van der Waals surface area contributed by atoms with E-state index in [0.717, 1.165) is 28.7 Å². The molecule has 25 heavy (non-hydrogen) atoms. The molecule has 0 fully saturated rings. The maximum Gasteiger partial charge on any atom is 0.264 e. The number of fused-ring (bicyclic) bond motifs is 1. The average Bonchev–Trinajstić information content (AvgIpc) is 3.09. The molecule has 0 radical (unpaired) electrons. The molecule has 1 aromatic carbocycles. The van der Waals surface area contributed by atoms with Gasteiger partial charge in [-0.25, -0.2) is 0 Å². The van der Waals surface area contributed by atoms with Gasteiger partial charge in [0.1, 0.15) is 0 Å². The molecular weight excluding hydrogens is 426 g/mol. The van der Waals surface area contributed by atoms with Gasteiger partial charge in [0, 0.05) is 16.6 Å². The average molecular weight is 443 g/mol. The molecule has 0 unspecified atom stereocenters. The van der Waals surface area contributed by atoms with Crippen LogP contribution in [0.2, 0.25) is 4.34 Å². The van der Waals surface area contributed by atoms with Crippen LogP contribution in [0.3, 0.4) is 0 Å². The van der Waals surface area contributed by atoms with Crippen molar-refractivity contribution in [1.82, 2.24) is 0 Å². The highest BCUT2D eigenvalue weighted by Crippen LogP contribution is 2.44. The molecule has 1 aliphatic heterocycles. The first-order valence-electron chi connectivity index (χ1n) is 7.99. The summed E-state index contributed by atoms with van der Waals surface area (Å²) < 4.78 is 1.25. The number of hydrogen-bond acceptors (Lipinski definition) is 4. The molecule has 7 heteroatoms. The number of anilines is 1. The van der Waals surface area contributed by atoms with Crippen molar-refractivity contribution in [2.75, 3.05) is 11.4 Å². The Morgan fingerprint density at radius 2 is 2.12 bits per heavy atom. The van der Waals surface area contributed by atoms with Gasteiger partial charge in [-0.2, -0.15) is 0 Å². The minimum absolute atomic E-state index is 0.295. The zero-order valence-corrected chi connectivity index (χ0v) is 16.7. The van der Waals surface area contributed by atoms with Crippen LogP contribution >= 0.6 is 38.9 Å². The second kappa shape index (κ2) is 7.19. The van der Waals surface area contributed by atoms with Crippen molar-refractivity contribution >= 4 is 56.2 Å². The molecule has 1 N–H and O–H groups in total. The van der Waals surface area contributed by atoms with Gasteiger partial charge >= 0.3 is 0 Å². The topological polar surface area (TPSA) is 57.6 Å². The lowest BCUT2D eigenvalue weighted by Crippen LogP contribution is -2.42. The predicted molar refractivity (Wildman–Crippen MR) is 104 cm³/mol. The largest absolute Gasteiger partial charge is 0.375 e. The summed E-state index contributed by atoms with van der Waals surface area (Å²) in [5, 5.41) is 11.2. The highest BCUT2D eigenvalue weighted by atomic mass is 79.9. The zero-order valence-electron chi connectivity index (χ0n) is 13.6. The SMILES string of the molecule is CCCCN1C(=O)[C@](O)(CC(=O)c2ccc(Cl)s2)c2cc(Br)ccc21. The first-order chi connectivity index (χ1) is 11.9. The smallest absolute Gasteiger partial charge is 0.264 e. The number of carbonyl (C=O) groups excluding carboxylic acids is 2. The fourth-order valence-electron chi connectivity index (χ4n) is 3.02. The molecule has 0 saturated carbocycles. The van der Waals surface area contributed by atoms with E-state index in [-0.39, 0.29) is 12.2 Å². The Labute approximate surface area is 163 Å². The molecule has 1 aliphatic rings. The Morgan fingerprint density at radius 3 is 2.76 bits per heavy atom. The first-order valence-corrected chi connectivity index (χ1v) is 9.98. The van der Waals surface area contributed by atoms with Crippen LogP contribution in [0.5, 0.6) is 0 Å². The summed E-state index contributed by atoms with van der Waals surface area (Å²) in [6.07, 6.45) is 1.46. The van der Waals surface area contributed by atoms with Crippen molar-refractivity contribution in [2.45, 2.75) is 31.8 Å². The second-order valence-corrected chi connectivity index (χ2v) is 8.67. The Balaban J connectivity index is 1.98. The number of amides is 1. The minimum atomic E-state index is -1.85. The molecule has 1 aromatic heterocycles. The third-order valence-electron chi connectivity index (χ3n) is 4.29. The van der Waals surface area contributed by atoms with Gasteiger partial charge in [-0.05, 0) is 36.8 Å². The fourth-order valence-corrected chi connectivity index (χ4v) is 4.36. The van der Waals surface area contributed by atoms with Crippen molar-refractivity contribution in [2.24, 2.45) is 0 Å². The van der Waals surface area contributed by atoms with Gasteiger partial charge in [-0.15, -0.1) is 11.3 Å². The molecule has 0 spiro atoms. The molecule has 1 amide bonds. The number of thiophene rings is 1. The number of ketones is 1. The van der Waals surface area contributed by atoms with Crippen LogP contribution in [0.4, 0.5) is 5.69 Å². The number of Topliss-reactive ketones (excluding diaryl/α,β-unsaturated/α-hetero) is 1. The van der Waals surface area contributed by atoms with Gasteiger partial charge in [0.05, 0.1) is 21.3 Å². The minimum Gasteiger partial charge on any atom is -0.375 e. The van der Waals surface area contributed by atoms with Gasteiger partial charge in [-0.3, -0.25) is 9.59 Å². The molecule has 132 valence electrons. The Kier molecular flexibility index (Phi) is 5.34. The van der Waals surface area contributed by atoms with Crippen LogP contribution in [0, 0.1) is 0 Å². The van der Waals surface area contributed by atoms with Crippen molar-refractivity contribution in [3.8, 4) is 0 Å². The molecule has 0 aliphatic carbocycles. The molecule has 3 rings (SSSR count). The molecular formula is C18H17BrClNO3S. The van der Waals surface area contributed by atoms with Gasteiger partial charge in [0.25, 0.3) is 5.91 Å². The van der Waals surface area contributed by atoms with Crippen molar-refractivity contribution in [1.29, 1.82) is 0 Å². The van der Waals surface area contributed by atoms with Crippen LogP contribution in [0.15, 0.2) is 34.8 Å². The van der Waals surface area contributed by atoms with Crippen LogP contribution in [0.1, 0.15) is 41.4 Å². The lowest BCUT2D eigenvalue weighted by Gasteiger charge is -2.22. The molecule has 0 bridgehead atoms. The normalized spacial score (nSPS) is 19.4. The lowest BCUT2D eigenvalue weighted by molar-refractivity contribution is -0.135. The van der Waals surface area contributed by atoms with Gasteiger partial charge in [0.15, 0.2) is 11.4 Å². The maximum atomic E-state index is 13.0. The van der Waals surface area contributed by atoms with Crippen LogP contribution < -0.4 is 4.90 Å². The molecule has 4 nitrogen and oxygen atoms in total. The molecule has 0 saturated heterocycles. The van der Waals surface area contributed by atoms with E-state index >= 15 is 0 Å². The number of hydrogen-bond donors (Lipinski definition) is 1.